The second kappa shape index (κ2) is 4.53. The predicted octanol–water partition coefficient (Wildman–Crippen LogP) is 4.88. The molecule has 0 aliphatic carbocycles. The van der Waals surface area contributed by atoms with E-state index in [1.165, 1.54) is 11.3 Å². The van der Waals surface area contributed by atoms with Crippen molar-refractivity contribution in [2.75, 3.05) is 0 Å². The van der Waals surface area contributed by atoms with Crippen LogP contribution in [0, 0.1) is 0 Å². The molecule has 0 radical (unpaired) electrons. The van der Waals surface area contributed by atoms with E-state index in [1.807, 2.05) is 24.3 Å². The molecule has 0 saturated carbocycles. The zero-order valence-corrected chi connectivity index (χ0v) is 12.2. The number of hydrogen-bond donors (Lipinski definition) is 1. The fraction of sp³-hybridized carbons (Fsp3) is 0. The van der Waals surface area contributed by atoms with E-state index in [-0.39, 0.29) is 5.78 Å². The molecule has 2 aromatic heterocycles. The van der Waals surface area contributed by atoms with Crippen LogP contribution in [0.25, 0.3) is 10.9 Å². The molecule has 18 heavy (non-hydrogen) atoms. The van der Waals surface area contributed by atoms with Crippen molar-refractivity contribution in [1.82, 2.24) is 4.98 Å². The van der Waals surface area contributed by atoms with Crippen LogP contribution in [0.2, 0.25) is 5.02 Å². The van der Waals surface area contributed by atoms with Gasteiger partial charge in [0, 0.05) is 17.1 Å². The van der Waals surface area contributed by atoms with Crippen LogP contribution in [0.15, 0.2) is 40.3 Å². The maximum absolute atomic E-state index is 12.4. The Morgan fingerprint density at radius 1 is 1.28 bits per heavy atom. The third-order valence-electron chi connectivity index (χ3n) is 2.70. The summed E-state index contributed by atoms with van der Waals surface area (Å²) >= 11 is 10.9. The van der Waals surface area contributed by atoms with Gasteiger partial charge in [-0.3, -0.25) is 4.79 Å². The molecule has 1 N–H and O–H groups in total. The number of carbonyl (C=O) groups excluding carboxylic acids is 1. The highest BCUT2D eigenvalue weighted by Crippen LogP contribution is 2.30. The minimum atomic E-state index is -0.00921. The first-order chi connectivity index (χ1) is 8.66. The number of aromatic amines is 1. The lowest BCUT2D eigenvalue weighted by molar-refractivity contribution is 0.104. The molecule has 0 unspecified atom stereocenters. The Balaban J connectivity index is 2.18. The normalized spacial score (nSPS) is 11.0. The molecule has 0 saturated heterocycles. The highest BCUT2D eigenvalue weighted by molar-refractivity contribution is 9.11. The molecule has 5 heteroatoms. The topological polar surface area (TPSA) is 32.9 Å². The van der Waals surface area contributed by atoms with Crippen molar-refractivity contribution in [2.24, 2.45) is 0 Å². The van der Waals surface area contributed by atoms with E-state index in [1.54, 1.807) is 12.3 Å². The van der Waals surface area contributed by atoms with Crippen molar-refractivity contribution < 1.29 is 4.79 Å². The van der Waals surface area contributed by atoms with Crippen molar-refractivity contribution >= 4 is 55.6 Å². The first-order valence-corrected chi connectivity index (χ1v) is 7.21. The van der Waals surface area contributed by atoms with Crippen LogP contribution >= 0.6 is 38.9 Å². The second-order valence-corrected chi connectivity index (χ2v) is 6.67. The van der Waals surface area contributed by atoms with Gasteiger partial charge < -0.3 is 4.98 Å². The zero-order valence-electron chi connectivity index (χ0n) is 9.04. The minimum Gasteiger partial charge on any atom is -0.360 e. The molecule has 0 aliphatic rings. The Hall–Kier alpha value is -1.10. The lowest BCUT2D eigenvalue weighted by atomic mass is 10.1. The number of carbonyl (C=O) groups is 1. The number of hydrogen-bond acceptors (Lipinski definition) is 2. The molecule has 0 atom stereocenters. The number of aromatic nitrogens is 1. The lowest BCUT2D eigenvalue weighted by Gasteiger charge is -1.98. The molecule has 0 bridgehead atoms. The summed E-state index contributed by atoms with van der Waals surface area (Å²) in [6.45, 7) is 0. The van der Waals surface area contributed by atoms with Gasteiger partial charge in [-0.25, -0.2) is 0 Å². The maximum Gasteiger partial charge on any atom is 0.205 e. The summed E-state index contributed by atoms with van der Waals surface area (Å²) in [5.74, 6) is -0.00921. The van der Waals surface area contributed by atoms with Crippen molar-refractivity contribution in [3.05, 3.63) is 55.8 Å². The molecular weight excluding hydrogens is 334 g/mol. The van der Waals surface area contributed by atoms with Gasteiger partial charge in [-0.15, -0.1) is 11.3 Å². The summed E-state index contributed by atoms with van der Waals surface area (Å²) < 4.78 is 0.941. The van der Waals surface area contributed by atoms with Crippen molar-refractivity contribution in [3.63, 3.8) is 0 Å². The summed E-state index contributed by atoms with van der Waals surface area (Å²) in [4.78, 5) is 16.2. The monoisotopic (exact) mass is 339 g/mol. The van der Waals surface area contributed by atoms with E-state index in [4.69, 9.17) is 11.6 Å². The van der Waals surface area contributed by atoms with Gasteiger partial charge in [0.2, 0.25) is 5.78 Å². The molecule has 3 rings (SSSR count). The van der Waals surface area contributed by atoms with Gasteiger partial charge in [0.1, 0.15) is 0 Å². The maximum atomic E-state index is 12.4. The molecule has 3 aromatic rings. The molecule has 0 spiro atoms. The summed E-state index contributed by atoms with van der Waals surface area (Å²) in [6, 6.07) is 9.24. The summed E-state index contributed by atoms with van der Waals surface area (Å²) in [6.07, 6.45) is 1.71. The van der Waals surface area contributed by atoms with Crippen LogP contribution in [0.4, 0.5) is 0 Å². The average Bonchev–Trinajstić information content (AvgIpc) is 2.95. The van der Waals surface area contributed by atoms with Gasteiger partial charge in [-0.2, -0.15) is 0 Å². The standard InChI is InChI=1S/C13H7BrClNOS/c14-11-5-4-10(18-11)13(17)7-6-16-9-3-1-2-8(15)12(7)9/h1-6,16H. The SMILES string of the molecule is O=C(c1ccc(Br)s1)c1c[nH]c2cccc(Cl)c12. The fourth-order valence-electron chi connectivity index (χ4n) is 1.89. The van der Waals surface area contributed by atoms with Crippen LogP contribution in [-0.2, 0) is 0 Å². The molecule has 90 valence electrons. The summed E-state index contributed by atoms with van der Waals surface area (Å²) in [5, 5.41) is 1.38. The van der Waals surface area contributed by atoms with Crippen LogP contribution in [0.5, 0.6) is 0 Å². The Bertz CT molecular complexity index is 746. The molecule has 2 nitrogen and oxygen atoms in total. The Labute approximate surface area is 121 Å². The van der Waals surface area contributed by atoms with Crippen LogP contribution in [-0.4, -0.2) is 10.8 Å². The van der Waals surface area contributed by atoms with Gasteiger partial charge in [-0.05, 0) is 40.2 Å². The first-order valence-electron chi connectivity index (χ1n) is 5.22. The quantitative estimate of drug-likeness (QED) is 0.663. The Morgan fingerprint density at radius 3 is 2.83 bits per heavy atom. The van der Waals surface area contributed by atoms with E-state index >= 15 is 0 Å². The van der Waals surface area contributed by atoms with Crippen LogP contribution in [0.3, 0.4) is 0 Å². The van der Waals surface area contributed by atoms with Gasteiger partial charge >= 0.3 is 0 Å². The number of benzene rings is 1. The number of rotatable bonds is 2. The minimum absolute atomic E-state index is 0.00921. The highest BCUT2D eigenvalue weighted by Gasteiger charge is 2.17. The zero-order chi connectivity index (χ0) is 12.7. The van der Waals surface area contributed by atoms with E-state index in [2.05, 4.69) is 20.9 Å². The first kappa shape index (κ1) is 12.0. The van der Waals surface area contributed by atoms with Crippen LogP contribution in [0.1, 0.15) is 15.2 Å². The summed E-state index contributed by atoms with van der Waals surface area (Å²) in [5.41, 5.74) is 1.49. The van der Waals surface area contributed by atoms with Crippen molar-refractivity contribution in [3.8, 4) is 0 Å². The molecular formula is C13H7BrClNOS. The third-order valence-corrected chi connectivity index (χ3v) is 4.63. The summed E-state index contributed by atoms with van der Waals surface area (Å²) in [7, 11) is 0. The largest absolute Gasteiger partial charge is 0.360 e. The highest BCUT2D eigenvalue weighted by atomic mass is 79.9. The van der Waals surface area contributed by atoms with Crippen LogP contribution < -0.4 is 0 Å². The van der Waals surface area contributed by atoms with Gasteiger partial charge in [0.05, 0.1) is 19.2 Å². The second-order valence-electron chi connectivity index (χ2n) is 3.80. The predicted molar refractivity (Wildman–Crippen MR) is 78.8 cm³/mol. The van der Waals surface area contributed by atoms with Gasteiger partial charge in [0.25, 0.3) is 0 Å². The molecule has 0 fully saturated rings. The van der Waals surface area contributed by atoms with Gasteiger partial charge in [0.15, 0.2) is 0 Å². The number of ketones is 1. The molecule has 2 heterocycles. The molecule has 0 amide bonds. The Kier molecular flexibility index (Phi) is 3.01. The van der Waals surface area contributed by atoms with Crippen molar-refractivity contribution in [2.45, 2.75) is 0 Å². The lowest BCUT2D eigenvalue weighted by Crippen LogP contribution is -1.97. The third kappa shape index (κ3) is 1.90. The number of nitrogens with one attached hydrogen (secondary N) is 1. The van der Waals surface area contributed by atoms with Crippen molar-refractivity contribution in [1.29, 1.82) is 0 Å². The number of halogens is 2. The smallest absolute Gasteiger partial charge is 0.205 e. The van der Waals surface area contributed by atoms with E-state index in [0.717, 1.165) is 14.7 Å². The number of thiophene rings is 1. The molecule has 1 aromatic carbocycles. The number of H-pyrrole nitrogens is 1. The fourth-order valence-corrected chi connectivity index (χ4v) is 3.50. The van der Waals surface area contributed by atoms with E-state index in [9.17, 15) is 4.79 Å². The van der Waals surface area contributed by atoms with E-state index < -0.39 is 0 Å². The Morgan fingerprint density at radius 2 is 2.11 bits per heavy atom. The van der Waals surface area contributed by atoms with E-state index in [0.29, 0.717) is 15.5 Å². The molecule has 0 aliphatic heterocycles. The van der Waals surface area contributed by atoms with Gasteiger partial charge in [-0.1, -0.05) is 17.7 Å². The number of fused-ring (bicyclic) bond motifs is 1. The average molecular weight is 341 g/mol.